The molecule has 2 N–H and O–H groups in total. The first kappa shape index (κ1) is 12.5. The number of H-pyrrole nitrogens is 1. The molecule has 0 unspecified atom stereocenters. The van der Waals surface area contributed by atoms with Gasteiger partial charge in [0.15, 0.2) is 0 Å². The summed E-state index contributed by atoms with van der Waals surface area (Å²) >= 11 is 0. The van der Waals surface area contributed by atoms with Crippen LogP contribution in [0.15, 0.2) is 42.7 Å². The maximum absolute atomic E-state index is 4.24. The number of hydrogen-bond acceptors (Lipinski definition) is 3. The highest BCUT2D eigenvalue weighted by molar-refractivity contribution is 5.51. The van der Waals surface area contributed by atoms with Crippen molar-refractivity contribution in [3.63, 3.8) is 0 Å². The molecule has 1 aromatic carbocycles. The van der Waals surface area contributed by atoms with Crippen LogP contribution in [0.5, 0.6) is 0 Å². The molecule has 20 heavy (non-hydrogen) atoms. The van der Waals surface area contributed by atoms with Crippen molar-refractivity contribution in [3.05, 3.63) is 59.7 Å². The summed E-state index contributed by atoms with van der Waals surface area (Å²) in [5.74, 6) is 0. The molecule has 5 heteroatoms. The van der Waals surface area contributed by atoms with Crippen LogP contribution in [-0.4, -0.2) is 20.0 Å². The van der Waals surface area contributed by atoms with Crippen LogP contribution >= 0.6 is 0 Å². The Morgan fingerprint density at radius 2 is 2.15 bits per heavy atom. The molecule has 0 saturated heterocycles. The van der Waals surface area contributed by atoms with Crippen LogP contribution in [0.25, 0.3) is 5.69 Å². The Morgan fingerprint density at radius 3 is 2.85 bits per heavy atom. The van der Waals surface area contributed by atoms with E-state index in [1.54, 1.807) is 6.20 Å². The van der Waals surface area contributed by atoms with Gasteiger partial charge in [0.2, 0.25) is 0 Å². The van der Waals surface area contributed by atoms with Gasteiger partial charge in [-0.05, 0) is 38.1 Å². The van der Waals surface area contributed by atoms with Gasteiger partial charge in [-0.25, -0.2) is 4.68 Å². The number of nitrogens with one attached hydrogen (secondary N) is 2. The summed E-state index contributed by atoms with van der Waals surface area (Å²) in [6.45, 7) is 4.81. The van der Waals surface area contributed by atoms with Crippen molar-refractivity contribution in [3.8, 4) is 5.69 Å². The lowest BCUT2D eigenvalue weighted by atomic mass is 10.2. The zero-order valence-corrected chi connectivity index (χ0v) is 11.6. The van der Waals surface area contributed by atoms with Crippen LogP contribution in [-0.2, 0) is 6.54 Å². The molecule has 0 bridgehead atoms. The zero-order valence-electron chi connectivity index (χ0n) is 11.6. The molecule has 0 fully saturated rings. The first-order chi connectivity index (χ1) is 9.74. The maximum atomic E-state index is 4.24. The average Bonchev–Trinajstić information content (AvgIpc) is 3.09. The van der Waals surface area contributed by atoms with Crippen molar-refractivity contribution in [2.75, 3.05) is 5.32 Å². The quantitative estimate of drug-likeness (QED) is 0.764. The Hall–Kier alpha value is -2.56. The molecule has 102 valence electrons. The number of nitrogens with zero attached hydrogens (tertiary/aromatic N) is 3. The number of benzene rings is 1. The molecule has 0 atom stereocenters. The Bertz CT molecular complexity index is 677. The SMILES string of the molecule is Cc1n[nH]c(C)c1CNc1cccc(-n2cccn2)c1. The van der Waals surface area contributed by atoms with Gasteiger partial charge in [0, 0.05) is 35.9 Å². The molecule has 0 aliphatic carbocycles. The topological polar surface area (TPSA) is 58.5 Å². The van der Waals surface area contributed by atoms with Crippen LogP contribution in [0.1, 0.15) is 17.0 Å². The minimum absolute atomic E-state index is 0.761. The third-order valence-corrected chi connectivity index (χ3v) is 3.37. The number of rotatable bonds is 4. The molecule has 5 nitrogen and oxygen atoms in total. The van der Waals surface area contributed by atoms with Crippen LogP contribution in [0.2, 0.25) is 0 Å². The van der Waals surface area contributed by atoms with E-state index in [2.05, 4.69) is 32.7 Å². The summed E-state index contributed by atoms with van der Waals surface area (Å²) in [7, 11) is 0. The summed E-state index contributed by atoms with van der Waals surface area (Å²) in [4.78, 5) is 0. The van der Waals surface area contributed by atoms with Gasteiger partial charge in [-0.1, -0.05) is 6.07 Å². The second-order valence-corrected chi connectivity index (χ2v) is 4.77. The average molecular weight is 267 g/mol. The lowest BCUT2D eigenvalue weighted by Crippen LogP contribution is -2.02. The van der Waals surface area contributed by atoms with Crippen molar-refractivity contribution < 1.29 is 0 Å². The zero-order chi connectivity index (χ0) is 13.9. The molecule has 0 spiro atoms. The summed E-state index contributed by atoms with van der Waals surface area (Å²) < 4.78 is 1.85. The summed E-state index contributed by atoms with van der Waals surface area (Å²) in [6.07, 6.45) is 3.71. The second-order valence-electron chi connectivity index (χ2n) is 4.77. The molecular formula is C15H17N5. The van der Waals surface area contributed by atoms with Gasteiger partial charge >= 0.3 is 0 Å². The lowest BCUT2D eigenvalue weighted by Gasteiger charge is -2.09. The number of hydrogen-bond donors (Lipinski definition) is 2. The molecule has 0 saturated carbocycles. The number of anilines is 1. The van der Waals surface area contributed by atoms with Crippen LogP contribution in [0.3, 0.4) is 0 Å². The van der Waals surface area contributed by atoms with E-state index >= 15 is 0 Å². The third kappa shape index (κ3) is 2.42. The number of aromatic amines is 1. The fraction of sp³-hybridized carbons (Fsp3) is 0.200. The molecular weight excluding hydrogens is 250 g/mol. The van der Waals surface area contributed by atoms with E-state index in [9.17, 15) is 0 Å². The van der Waals surface area contributed by atoms with Crippen molar-refractivity contribution in [1.82, 2.24) is 20.0 Å². The molecule has 0 amide bonds. The highest BCUT2D eigenvalue weighted by Gasteiger charge is 2.06. The van der Waals surface area contributed by atoms with Crippen molar-refractivity contribution in [1.29, 1.82) is 0 Å². The van der Waals surface area contributed by atoms with Crippen molar-refractivity contribution in [2.45, 2.75) is 20.4 Å². The molecule has 2 aromatic heterocycles. The maximum Gasteiger partial charge on any atom is 0.0666 e. The van der Waals surface area contributed by atoms with Gasteiger partial charge in [-0.15, -0.1) is 0 Å². The van der Waals surface area contributed by atoms with Crippen molar-refractivity contribution in [2.24, 2.45) is 0 Å². The van der Waals surface area contributed by atoms with Crippen molar-refractivity contribution >= 4 is 5.69 Å². The van der Waals surface area contributed by atoms with E-state index in [0.29, 0.717) is 0 Å². The minimum atomic E-state index is 0.761. The largest absolute Gasteiger partial charge is 0.381 e. The van der Waals surface area contributed by atoms with Gasteiger partial charge < -0.3 is 5.32 Å². The molecule has 0 aliphatic rings. The summed E-state index contributed by atoms with van der Waals surface area (Å²) in [5.41, 5.74) is 5.48. The first-order valence-electron chi connectivity index (χ1n) is 6.58. The number of aromatic nitrogens is 4. The van der Waals surface area contributed by atoms with E-state index in [1.165, 1.54) is 5.56 Å². The fourth-order valence-corrected chi connectivity index (χ4v) is 2.20. The molecule has 3 aromatic rings. The van der Waals surface area contributed by atoms with E-state index in [0.717, 1.165) is 29.3 Å². The Labute approximate surface area is 117 Å². The molecule has 2 heterocycles. The van der Waals surface area contributed by atoms with Crippen LogP contribution < -0.4 is 5.32 Å². The third-order valence-electron chi connectivity index (χ3n) is 3.37. The molecule has 3 rings (SSSR count). The van der Waals surface area contributed by atoms with E-state index < -0.39 is 0 Å². The monoisotopic (exact) mass is 267 g/mol. The number of aryl methyl sites for hydroxylation is 2. The Kier molecular flexibility index (Phi) is 3.25. The normalized spacial score (nSPS) is 10.7. The van der Waals surface area contributed by atoms with Gasteiger partial charge in [-0.3, -0.25) is 5.10 Å². The summed E-state index contributed by atoms with van der Waals surface area (Å²) in [6, 6.07) is 10.1. The lowest BCUT2D eigenvalue weighted by molar-refractivity contribution is 0.880. The van der Waals surface area contributed by atoms with Crippen LogP contribution in [0, 0.1) is 13.8 Å². The second kappa shape index (κ2) is 5.21. The smallest absolute Gasteiger partial charge is 0.0666 e. The predicted octanol–water partition coefficient (Wildman–Crippen LogP) is 2.82. The standard InChI is InChI=1S/C15H17N5/c1-11-15(12(2)19-18-11)10-16-13-5-3-6-14(9-13)20-8-4-7-17-20/h3-9,16H,10H2,1-2H3,(H,18,19). The van der Waals surface area contributed by atoms with E-state index in [1.807, 2.05) is 42.9 Å². The first-order valence-corrected chi connectivity index (χ1v) is 6.58. The van der Waals surface area contributed by atoms with Gasteiger partial charge in [0.25, 0.3) is 0 Å². The van der Waals surface area contributed by atoms with Crippen LogP contribution in [0.4, 0.5) is 5.69 Å². The Morgan fingerprint density at radius 1 is 1.25 bits per heavy atom. The van der Waals surface area contributed by atoms with Gasteiger partial charge in [0.1, 0.15) is 0 Å². The Balaban J connectivity index is 1.77. The fourth-order valence-electron chi connectivity index (χ4n) is 2.20. The molecule has 0 aliphatic heterocycles. The highest BCUT2D eigenvalue weighted by Crippen LogP contribution is 2.16. The van der Waals surface area contributed by atoms with E-state index in [4.69, 9.17) is 0 Å². The van der Waals surface area contributed by atoms with Gasteiger partial charge in [-0.2, -0.15) is 10.2 Å². The van der Waals surface area contributed by atoms with E-state index in [-0.39, 0.29) is 0 Å². The summed E-state index contributed by atoms with van der Waals surface area (Å²) in [5, 5.41) is 14.9. The van der Waals surface area contributed by atoms with Gasteiger partial charge in [0.05, 0.1) is 11.4 Å². The minimum Gasteiger partial charge on any atom is -0.381 e. The predicted molar refractivity (Wildman–Crippen MR) is 79.0 cm³/mol. The highest BCUT2D eigenvalue weighted by atomic mass is 15.3. The molecule has 0 radical (unpaired) electrons.